The molecule has 0 aromatic carbocycles. The van der Waals surface area contributed by atoms with Crippen LogP contribution in [0.3, 0.4) is 0 Å². The van der Waals surface area contributed by atoms with Gasteiger partial charge in [-0.2, -0.15) is 16.8 Å². The molecule has 0 spiro atoms. The maximum atomic E-state index is 14.2. The van der Waals surface area contributed by atoms with E-state index in [4.69, 9.17) is 0 Å². The number of sulfonamides is 2. The van der Waals surface area contributed by atoms with E-state index in [1.807, 2.05) is 0 Å². The van der Waals surface area contributed by atoms with Crippen LogP contribution in [0.15, 0.2) is 0 Å². The van der Waals surface area contributed by atoms with Crippen molar-refractivity contribution in [3.8, 4) is 0 Å². The lowest BCUT2D eigenvalue weighted by atomic mass is 9.89. The quantitative estimate of drug-likeness (QED) is 0.263. The van der Waals surface area contributed by atoms with Crippen molar-refractivity contribution in [2.45, 2.75) is 75.1 Å². The maximum Gasteiger partial charge on any atom is 0.305 e. The summed E-state index contributed by atoms with van der Waals surface area (Å²) in [6, 6.07) is 0. The molecule has 0 aliphatic carbocycles. The lowest BCUT2D eigenvalue weighted by Crippen LogP contribution is -2.52. The Bertz CT molecular complexity index is 1260. The molecule has 1 heterocycles. The predicted molar refractivity (Wildman–Crippen MR) is 124 cm³/mol. The van der Waals surface area contributed by atoms with Gasteiger partial charge in [0.25, 0.3) is 11.8 Å². The van der Waals surface area contributed by atoms with Gasteiger partial charge in [0.05, 0.1) is 31.6 Å². The molecule has 1 aliphatic heterocycles. The van der Waals surface area contributed by atoms with Gasteiger partial charge in [0.2, 0.25) is 0 Å². The van der Waals surface area contributed by atoms with E-state index in [1.54, 1.807) is 0 Å². The lowest BCUT2D eigenvalue weighted by molar-refractivity contribution is -0.132. The summed E-state index contributed by atoms with van der Waals surface area (Å²) in [5.41, 5.74) is -14.1. The van der Waals surface area contributed by atoms with Crippen LogP contribution in [0.25, 0.3) is 4.13 Å². The Morgan fingerprint density at radius 2 is 1.00 bits per heavy atom. The summed E-state index contributed by atoms with van der Waals surface area (Å²) in [6.07, 6.45) is -3.58. The molecule has 1 saturated heterocycles. The molecule has 0 amide bonds. The van der Waals surface area contributed by atoms with Gasteiger partial charge in [-0.15, -0.1) is 7.77 Å². The molecule has 4 N–H and O–H groups in total. The van der Waals surface area contributed by atoms with E-state index >= 15 is 0 Å². The Morgan fingerprint density at radius 1 is 0.700 bits per heavy atom. The monoisotopic (exact) mass is 694 g/mol. The largest absolute Gasteiger partial charge is 0.436 e. The van der Waals surface area contributed by atoms with Crippen LogP contribution in [0.2, 0.25) is 0 Å². The molecule has 2 unspecified atom stereocenters. The van der Waals surface area contributed by atoms with Gasteiger partial charge in [0.1, 0.15) is 22.8 Å². The Hall–Kier alpha value is -0.980. The van der Waals surface area contributed by atoms with E-state index in [1.165, 1.54) is 0 Å². The highest BCUT2D eigenvalue weighted by Crippen LogP contribution is 2.43. The van der Waals surface area contributed by atoms with E-state index in [2.05, 4.69) is 4.13 Å². The van der Waals surface area contributed by atoms with Gasteiger partial charge >= 0.3 is 20.4 Å². The summed E-state index contributed by atoms with van der Waals surface area (Å²) in [5.74, 6) is -15.5. The standard InChI is InChI=1S/C8H12F6O4S2.C8H12F4NO4S2.H3N/c1-6(9,7(2,10)11)3-8(12,4-19(13,15)16)5-20(14,17)18;1-6(9,7(2,10)11)3-8(12)4-18(14,15)13-19(16,17)5-8;/h3-5H2,1-2H3;3-5H2,1-2H3;1H3/q;-1;/p+1. The minimum Gasteiger partial charge on any atom is -0.436 e. The lowest BCUT2D eigenvalue weighted by Gasteiger charge is -2.40. The summed E-state index contributed by atoms with van der Waals surface area (Å²) in [5, 5.41) is 0. The smallest absolute Gasteiger partial charge is 0.305 e. The first-order valence-electron chi connectivity index (χ1n) is 10.0. The molecule has 0 bridgehead atoms. The van der Waals surface area contributed by atoms with E-state index in [0.29, 0.717) is 6.92 Å². The zero-order valence-corrected chi connectivity index (χ0v) is 24.6. The Kier molecular flexibility index (Phi) is 12.3. The van der Waals surface area contributed by atoms with Gasteiger partial charge in [-0.3, -0.25) is 0 Å². The molecule has 1 aliphatic rings. The van der Waals surface area contributed by atoms with Crippen molar-refractivity contribution in [3.05, 3.63) is 4.13 Å². The van der Waals surface area contributed by atoms with Gasteiger partial charge < -0.3 is 10.3 Å². The fourth-order valence-electron chi connectivity index (χ4n) is 3.29. The molecule has 0 aromatic rings. The van der Waals surface area contributed by atoms with Crippen LogP contribution in [-0.2, 0) is 40.5 Å². The zero-order valence-electron chi connectivity index (χ0n) is 21.4. The highest BCUT2D eigenvalue weighted by molar-refractivity contribution is 8.12. The van der Waals surface area contributed by atoms with Crippen molar-refractivity contribution in [2.24, 2.45) is 0 Å². The first kappa shape index (κ1) is 41.2. The van der Waals surface area contributed by atoms with E-state index in [9.17, 15) is 76.6 Å². The molecule has 0 radical (unpaired) electrons. The third kappa shape index (κ3) is 13.8. The van der Waals surface area contributed by atoms with Crippen LogP contribution < -0.4 is 6.15 Å². The second-order valence-corrected chi connectivity index (χ2v) is 16.0. The van der Waals surface area contributed by atoms with Crippen molar-refractivity contribution in [1.29, 1.82) is 0 Å². The number of rotatable bonds is 10. The summed E-state index contributed by atoms with van der Waals surface area (Å²) >= 11 is 0. The highest BCUT2D eigenvalue weighted by atomic mass is 32.3. The summed E-state index contributed by atoms with van der Waals surface area (Å²) in [7, 11) is -20.7. The van der Waals surface area contributed by atoms with Crippen molar-refractivity contribution in [1.82, 2.24) is 6.15 Å². The first-order chi connectivity index (χ1) is 16.4. The molecule has 24 heteroatoms. The van der Waals surface area contributed by atoms with Crippen molar-refractivity contribution in [2.75, 3.05) is 23.0 Å². The summed E-state index contributed by atoms with van der Waals surface area (Å²) in [4.78, 5) is 0. The normalized spacial score (nSPS) is 22.4. The number of alkyl halides is 8. The minimum absolute atomic E-state index is 0. The molecule has 40 heavy (non-hydrogen) atoms. The van der Waals surface area contributed by atoms with E-state index in [0.717, 1.165) is 0 Å². The van der Waals surface area contributed by atoms with Gasteiger partial charge in [0, 0.05) is 26.7 Å². The van der Waals surface area contributed by atoms with Crippen LogP contribution in [0.5, 0.6) is 0 Å². The average Bonchev–Trinajstić information content (AvgIpc) is 2.42. The van der Waals surface area contributed by atoms with E-state index < -0.39 is 111 Å². The van der Waals surface area contributed by atoms with Gasteiger partial charge in [-0.25, -0.2) is 52.0 Å². The molecular formula is C16H28F10N2O8S4. The second kappa shape index (κ2) is 12.0. The van der Waals surface area contributed by atoms with Crippen LogP contribution in [-0.4, -0.2) is 91.2 Å². The third-order valence-corrected chi connectivity index (χ3v) is 10.4. The van der Waals surface area contributed by atoms with Crippen molar-refractivity contribution < 1.29 is 76.6 Å². The number of quaternary nitrogens is 1. The fraction of sp³-hybridized carbons (Fsp3) is 1.00. The van der Waals surface area contributed by atoms with Crippen LogP contribution in [0.1, 0.15) is 40.5 Å². The van der Waals surface area contributed by atoms with Gasteiger partial charge in [0.15, 0.2) is 11.3 Å². The van der Waals surface area contributed by atoms with Crippen molar-refractivity contribution >= 4 is 40.5 Å². The maximum absolute atomic E-state index is 14.2. The van der Waals surface area contributed by atoms with Crippen LogP contribution in [0.4, 0.5) is 42.9 Å². The molecule has 0 aromatic heterocycles. The average molecular weight is 695 g/mol. The molecular weight excluding hydrogens is 666 g/mol. The highest BCUT2D eigenvalue weighted by Gasteiger charge is 2.56. The summed E-state index contributed by atoms with van der Waals surface area (Å²) < 4.78 is 220. The number of hydrogen-bond donors (Lipinski definition) is 1. The fourth-order valence-corrected chi connectivity index (χ4v) is 8.71. The van der Waals surface area contributed by atoms with Crippen LogP contribution >= 0.6 is 0 Å². The number of hydrogen-bond acceptors (Lipinski definition) is 8. The van der Waals surface area contributed by atoms with Gasteiger partial charge in [-0.1, -0.05) is 0 Å². The third-order valence-electron chi connectivity index (χ3n) is 5.10. The molecule has 244 valence electrons. The number of nitrogens with zero attached hydrogens (tertiary/aromatic N) is 1. The molecule has 1 rings (SSSR count). The van der Waals surface area contributed by atoms with Gasteiger partial charge in [-0.05, 0) is 13.8 Å². The second-order valence-electron chi connectivity index (χ2n) is 9.72. The zero-order chi connectivity index (χ0) is 31.9. The Balaban J connectivity index is 0. The topological polar surface area (TPSA) is 187 Å². The summed E-state index contributed by atoms with van der Waals surface area (Å²) in [6.45, 7) is 0.782. The number of halogens is 10. The van der Waals surface area contributed by atoms with Crippen molar-refractivity contribution in [3.63, 3.8) is 0 Å². The molecule has 10 nitrogen and oxygen atoms in total. The minimum atomic E-state index is -5.69. The predicted octanol–water partition coefficient (Wildman–Crippen LogP) is 3.96. The first-order valence-corrected chi connectivity index (χ1v) is 16.3. The Morgan fingerprint density at radius 3 is 1.25 bits per heavy atom. The molecule has 0 saturated carbocycles. The Labute approximate surface area is 225 Å². The molecule has 1 fully saturated rings. The van der Waals surface area contributed by atoms with Crippen LogP contribution in [0, 0.1) is 0 Å². The SMILES string of the molecule is CC(F)(F)C(C)(F)CC(F)(CS(=O)(=O)F)CS(=O)(=O)F.CC(F)(F)C(C)(F)CC1(F)CS(=O)(=O)[N-]S(=O)(=O)C1.[NH4+]. The molecule has 2 atom stereocenters. The van der Waals surface area contributed by atoms with E-state index in [-0.39, 0.29) is 26.9 Å².